The Balaban J connectivity index is 1.37. The Hall–Kier alpha value is -2.83. The summed E-state index contributed by atoms with van der Waals surface area (Å²) < 4.78 is 17.1. The number of aryl methyl sites for hydroxylation is 1. The molecule has 3 aromatic rings. The minimum atomic E-state index is -0.153. The van der Waals surface area contributed by atoms with Crippen molar-refractivity contribution in [3.8, 4) is 5.75 Å². The first kappa shape index (κ1) is 19.5. The van der Waals surface area contributed by atoms with Crippen molar-refractivity contribution < 1.29 is 18.7 Å². The lowest BCUT2D eigenvalue weighted by atomic mass is 10.1. The van der Waals surface area contributed by atoms with Gasteiger partial charge in [0.05, 0.1) is 19.3 Å². The SMILES string of the molecule is Cc1ccc([C@@H](CNC(=O)COc2cccc3ccccc23)N2CCOCC2)o1. The van der Waals surface area contributed by atoms with Crippen LogP contribution < -0.4 is 10.1 Å². The lowest BCUT2D eigenvalue weighted by Crippen LogP contribution is -2.44. The number of furan rings is 1. The summed E-state index contributed by atoms with van der Waals surface area (Å²) in [6.07, 6.45) is 0. The fraction of sp³-hybridized carbons (Fsp3) is 0.348. The van der Waals surface area contributed by atoms with Gasteiger partial charge in [-0.25, -0.2) is 0 Å². The zero-order chi connectivity index (χ0) is 20.1. The van der Waals surface area contributed by atoms with Crippen LogP contribution in [0.5, 0.6) is 5.75 Å². The van der Waals surface area contributed by atoms with Crippen molar-refractivity contribution in [1.82, 2.24) is 10.2 Å². The van der Waals surface area contributed by atoms with E-state index in [-0.39, 0.29) is 18.6 Å². The van der Waals surface area contributed by atoms with Crippen molar-refractivity contribution in [2.75, 3.05) is 39.5 Å². The van der Waals surface area contributed by atoms with E-state index in [0.717, 1.165) is 35.4 Å². The van der Waals surface area contributed by atoms with Gasteiger partial charge in [-0.1, -0.05) is 36.4 Å². The molecule has 0 radical (unpaired) electrons. The van der Waals surface area contributed by atoms with E-state index < -0.39 is 0 Å². The summed E-state index contributed by atoms with van der Waals surface area (Å²) in [4.78, 5) is 14.8. The minimum Gasteiger partial charge on any atom is -0.483 e. The van der Waals surface area contributed by atoms with Gasteiger partial charge in [-0.05, 0) is 30.5 Å². The Labute approximate surface area is 170 Å². The van der Waals surface area contributed by atoms with E-state index in [2.05, 4.69) is 10.2 Å². The third-order valence-electron chi connectivity index (χ3n) is 5.18. The first-order valence-electron chi connectivity index (χ1n) is 9.96. The van der Waals surface area contributed by atoms with E-state index in [1.54, 1.807) is 0 Å². The standard InChI is InChI=1S/C23H26N2O4/c1-17-9-10-22(29-17)20(25-11-13-27-14-12-25)15-24-23(26)16-28-21-8-4-6-18-5-2-3-7-19(18)21/h2-10,20H,11-16H2,1H3,(H,24,26)/t20-/m1/s1. The largest absolute Gasteiger partial charge is 0.483 e. The summed E-state index contributed by atoms with van der Waals surface area (Å²) in [5.74, 6) is 2.28. The van der Waals surface area contributed by atoms with Crippen LogP contribution in [0.2, 0.25) is 0 Å². The normalized spacial score (nSPS) is 15.9. The van der Waals surface area contributed by atoms with Crippen LogP contribution in [-0.4, -0.2) is 50.3 Å². The van der Waals surface area contributed by atoms with E-state index in [9.17, 15) is 4.79 Å². The second-order valence-electron chi connectivity index (χ2n) is 7.18. The smallest absolute Gasteiger partial charge is 0.258 e. The maximum Gasteiger partial charge on any atom is 0.258 e. The van der Waals surface area contributed by atoms with Gasteiger partial charge in [0.1, 0.15) is 17.3 Å². The highest BCUT2D eigenvalue weighted by atomic mass is 16.5. The molecular weight excluding hydrogens is 368 g/mol. The molecule has 1 N–H and O–H groups in total. The van der Waals surface area contributed by atoms with Crippen molar-refractivity contribution in [2.24, 2.45) is 0 Å². The lowest BCUT2D eigenvalue weighted by Gasteiger charge is -2.33. The van der Waals surface area contributed by atoms with E-state index in [0.29, 0.717) is 25.5 Å². The molecule has 0 saturated carbocycles. The third-order valence-corrected chi connectivity index (χ3v) is 5.18. The van der Waals surface area contributed by atoms with Crippen LogP contribution >= 0.6 is 0 Å². The van der Waals surface area contributed by atoms with Crippen LogP contribution in [0, 0.1) is 6.92 Å². The number of hydrogen-bond acceptors (Lipinski definition) is 5. The number of nitrogens with zero attached hydrogens (tertiary/aromatic N) is 1. The molecule has 1 amide bonds. The summed E-state index contributed by atoms with van der Waals surface area (Å²) in [5, 5.41) is 5.09. The fourth-order valence-corrected chi connectivity index (χ4v) is 3.66. The Bertz CT molecular complexity index is 957. The summed E-state index contributed by atoms with van der Waals surface area (Å²) >= 11 is 0. The highest BCUT2D eigenvalue weighted by molar-refractivity contribution is 5.88. The second-order valence-corrected chi connectivity index (χ2v) is 7.18. The summed E-state index contributed by atoms with van der Waals surface area (Å²) in [7, 11) is 0. The van der Waals surface area contributed by atoms with E-state index in [1.807, 2.05) is 61.5 Å². The number of carbonyl (C=O) groups excluding carboxylic acids is 1. The van der Waals surface area contributed by atoms with Crippen LogP contribution in [-0.2, 0) is 9.53 Å². The lowest BCUT2D eigenvalue weighted by molar-refractivity contribution is -0.123. The quantitative estimate of drug-likeness (QED) is 0.666. The van der Waals surface area contributed by atoms with Gasteiger partial charge < -0.3 is 19.2 Å². The summed E-state index contributed by atoms with van der Waals surface area (Å²) in [5.41, 5.74) is 0. The zero-order valence-corrected chi connectivity index (χ0v) is 16.6. The van der Waals surface area contributed by atoms with Crippen molar-refractivity contribution >= 4 is 16.7 Å². The summed E-state index contributed by atoms with van der Waals surface area (Å²) in [6.45, 7) is 5.37. The number of ether oxygens (including phenoxy) is 2. The number of morpholine rings is 1. The molecule has 1 aliphatic heterocycles. The monoisotopic (exact) mass is 394 g/mol. The van der Waals surface area contributed by atoms with Gasteiger partial charge >= 0.3 is 0 Å². The molecule has 6 nitrogen and oxygen atoms in total. The van der Waals surface area contributed by atoms with Gasteiger partial charge in [0.15, 0.2) is 6.61 Å². The minimum absolute atomic E-state index is 0.0193. The number of amides is 1. The van der Waals surface area contributed by atoms with Crippen LogP contribution in [0.15, 0.2) is 59.0 Å². The van der Waals surface area contributed by atoms with Crippen molar-refractivity contribution in [2.45, 2.75) is 13.0 Å². The van der Waals surface area contributed by atoms with Crippen LogP contribution in [0.1, 0.15) is 17.6 Å². The maximum atomic E-state index is 12.5. The predicted octanol–water partition coefficient (Wildman–Crippen LogP) is 3.31. The highest BCUT2D eigenvalue weighted by Gasteiger charge is 2.25. The molecule has 0 aliphatic carbocycles. The third kappa shape index (κ3) is 4.78. The Morgan fingerprint density at radius 1 is 1.10 bits per heavy atom. The Kier molecular flexibility index (Phi) is 6.12. The molecule has 1 atom stereocenters. The topological polar surface area (TPSA) is 63.9 Å². The van der Waals surface area contributed by atoms with Crippen LogP contribution in [0.25, 0.3) is 10.8 Å². The maximum absolute atomic E-state index is 12.5. The molecule has 0 unspecified atom stereocenters. The van der Waals surface area contributed by atoms with E-state index in [4.69, 9.17) is 13.9 Å². The van der Waals surface area contributed by atoms with Gasteiger partial charge in [-0.15, -0.1) is 0 Å². The first-order valence-corrected chi connectivity index (χ1v) is 9.96. The molecule has 6 heteroatoms. The van der Waals surface area contributed by atoms with E-state index >= 15 is 0 Å². The molecule has 2 aromatic carbocycles. The van der Waals surface area contributed by atoms with Crippen molar-refractivity contribution in [3.63, 3.8) is 0 Å². The number of nitrogens with one attached hydrogen (secondary N) is 1. The molecule has 152 valence electrons. The predicted molar refractivity (Wildman–Crippen MR) is 111 cm³/mol. The number of carbonyl (C=O) groups is 1. The van der Waals surface area contributed by atoms with Gasteiger partial charge in [0, 0.05) is 25.0 Å². The number of benzene rings is 2. The van der Waals surface area contributed by atoms with Gasteiger partial charge in [0.25, 0.3) is 5.91 Å². The number of rotatable bonds is 7. The molecule has 4 rings (SSSR count). The molecule has 1 saturated heterocycles. The molecular formula is C23H26N2O4. The first-order chi connectivity index (χ1) is 14.2. The van der Waals surface area contributed by atoms with Gasteiger partial charge in [-0.3, -0.25) is 9.69 Å². The molecule has 1 aromatic heterocycles. The molecule has 0 bridgehead atoms. The Morgan fingerprint density at radius 2 is 1.90 bits per heavy atom. The van der Waals surface area contributed by atoms with Crippen LogP contribution in [0.3, 0.4) is 0 Å². The second kappa shape index (κ2) is 9.11. The molecule has 1 fully saturated rings. The van der Waals surface area contributed by atoms with Crippen molar-refractivity contribution in [1.29, 1.82) is 0 Å². The molecule has 29 heavy (non-hydrogen) atoms. The average molecular weight is 394 g/mol. The fourth-order valence-electron chi connectivity index (χ4n) is 3.66. The average Bonchev–Trinajstić information content (AvgIpc) is 3.19. The van der Waals surface area contributed by atoms with Gasteiger partial charge in [-0.2, -0.15) is 0 Å². The number of hydrogen-bond donors (Lipinski definition) is 1. The molecule has 0 spiro atoms. The highest BCUT2D eigenvalue weighted by Crippen LogP contribution is 2.25. The Morgan fingerprint density at radius 3 is 2.69 bits per heavy atom. The molecule has 1 aliphatic rings. The number of fused-ring (bicyclic) bond motifs is 1. The van der Waals surface area contributed by atoms with Gasteiger partial charge in [0.2, 0.25) is 0 Å². The zero-order valence-electron chi connectivity index (χ0n) is 16.6. The van der Waals surface area contributed by atoms with Crippen molar-refractivity contribution in [3.05, 3.63) is 66.1 Å². The van der Waals surface area contributed by atoms with E-state index in [1.165, 1.54) is 0 Å². The van der Waals surface area contributed by atoms with Crippen LogP contribution in [0.4, 0.5) is 0 Å². The molecule has 2 heterocycles. The summed E-state index contributed by atoms with van der Waals surface area (Å²) in [6, 6.07) is 17.7.